The molecule has 1 aliphatic rings. The highest BCUT2D eigenvalue weighted by atomic mass is 16.2. The Bertz CT molecular complexity index is 1060. The lowest BCUT2D eigenvalue weighted by Crippen LogP contribution is -2.34. The molecule has 3 heterocycles. The summed E-state index contributed by atoms with van der Waals surface area (Å²) in [6, 6.07) is 8.23. The first-order chi connectivity index (χ1) is 14.0. The quantitative estimate of drug-likeness (QED) is 0.685. The van der Waals surface area contributed by atoms with Crippen LogP contribution in [0.5, 0.6) is 0 Å². The van der Waals surface area contributed by atoms with Crippen molar-refractivity contribution in [1.29, 1.82) is 0 Å². The topological polar surface area (TPSA) is 67.2 Å². The number of carbonyl (C=O) groups is 1. The number of benzene rings is 1. The van der Waals surface area contributed by atoms with E-state index in [0.717, 1.165) is 72.1 Å². The van der Waals surface area contributed by atoms with E-state index >= 15 is 0 Å². The van der Waals surface area contributed by atoms with Gasteiger partial charge in [0.15, 0.2) is 5.65 Å². The molecule has 0 spiro atoms. The van der Waals surface area contributed by atoms with Gasteiger partial charge < -0.3 is 9.80 Å². The van der Waals surface area contributed by atoms with E-state index in [1.165, 1.54) is 0 Å². The van der Waals surface area contributed by atoms with Gasteiger partial charge in [0, 0.05) is 39.5 Å². The van der Waals surface area contributed by atoms with E-state index in [2.05, 4.69) is 30.9 Å². The first-order valence-electron chi connectivity index (χ1n) is 10.3. The molecule has 1 saturated heterocycles. The number of hydrogen-bond acceptors (Lipinski definition) is 5. The molecule has 0 saturated carbocycles. The average Bonchev–Trinajstić information content (AvgIpc) is 2.89. The number of aromatic nitrogens is 4. The van der Waals surface area contributed by atoms with E-state index in [4.69, 9.17) is 15.1 Å². The van der Waals surface area contributed by atoms with Crippen LogP contribution in [0.1, 0.15) is 37.4 Å². The van der Waals surface area contributed by atoms with Crippen LogP contribution in [-0.2, 0) is 11.2 Å². The monoisotopic (exact) mass is 392 g/mol. The fraction of sp³-hybridized carbons (Fsp3) is 0.455. The zero-order valence-corrected chi connectivity index (χ0v) is 17.6. The molecule has 1 aliphatic heterocycles. The van der Waals surface area contributed by atoms with E-state index in [1.807, 2.05) is 28.6 Å². The Hall–Kier alpha value is -2.96. The lowest BCUT2D eigenvalue weighted by Gasteiger charge is -2.23. The van der Waals surface area contributed by atoms with Gasteiger partial charge >= 0.3 is 0 Å². The molecule has 1 amide bonds. The molecular weight excluding hydrogens is 364 g/mol. The highest BCUT2D eigenvalue weighted by molar-refractivity contribution is 5.91. The molecule has 0 unspecified atom stereocenters. The van der Waals surface area contributed by atoms with Gasteiger partial charge in [-0.2, -0.15) is 5.10 Å². The minimum Gasteiger partial charge on any atom is -0.354 e. The zero-order chi connectivity index (χ0) is 20.5. The number of anilines is 1. The lowest BCUT2D eigenvalue weighted by molar-refractivity contribution is -0.128. The van der Waals surface area contributed by atoms with Crippen molar-refractivity contribution in [3.8, 4) is 5.69 Å². The van der Waals surface area contributed by atoms with E-state index in [1.54, 1.807) is 6.92 Å². The van der Waals surface area contributed by atoms with Crippen LogP contribution in [0.4, 0.5) is 5.82 Å². The molecule has 0 aliphatic carbocycles. The van der Waals surface area contributed by atoms with Crippen LogP contribution in [0.15, 0.2) is 24.3 Å². The normalized spacial score (nSPS) is 15.0. The van der Waals surface area contributed by atoms with Crippen LogP contribution >= 0.6 is 0 Å². The van der Waals surface area contributed by atoms with Gasteiger partial charge in [0.2, 0.25) is 5.91 Å². The predicted molar refractivity (Wildman–Crippen MR) is 115 cm³/mol. The van der Waals surface area contributed by atoms with E-state index < -0.39 is 0 Å². The molecule has 0 N–H and O–H groups in total. The molecule has 0 bridgehead atoms. The molecule has 3 aromatic rings. The minimum atomic E-state index is 0.137. The summed E-state index contributed by atoms with van der Waals surface area (Å²) in [5.74, 6) is 1.89. The van der Waals surface area contributed by atoms with Crippen molar-refractivity contribution >= 4 is 22.8 Å². The Morgan fingerprint density at radius 2 is 1.86 bits per heavy atom. The molecule has 4 rings (SSSR count). The lowest BCUT2D eigenvalue weighted by atomic mass is 10.2. The highest BCUT2D eigenvalue weighted by Gasteiger charge is 2.24. The maximum atomic E-state index is 11.8. The van der Waals surface area contributed by atoms with Crippen LogP contribution in [0.25, 0.3) is 16.7 Å². The average molecular weight is 393 g/mol. The number of para-hydroxylation sites is 1. The SMILES string of the molecule is CCc1nc(N2CCCN(C(C)=O)CC2)c2c(C)nn(-c3ccccc3C)c2n1. The molecular formula is C22H28N6O. The van der Waals surface area contributed by atoms with Gasteiger partial charge in [-0.3, -0.25) is 4.79 Å². The first-order valence-corrected chi connectivity index (χ1v) is 10.3. The standard InChI is InChI=1S/C22H28N6O/c1-5-19-23-21(27-12-8-11-26(13-14-27)17(4)29)20-16(3)25-28(22(20)24-19)18-10-7-6-9-15(18)2/h6-7,9-10H,5,8,11-14H2,1-4H3. The second kappa shape index (κ2) is 7.81. The molecule has 29 heavy (non-hydrogen) atoms. The van der Waals surface area contributed by atoms with Crippen LogP contribution in [-0.4, -0.2) is 56.7 Å². The molecule has 0 radical (unpaired) electrons. The van der Waals surface area contributed by atoms with Gasteiger partial charge in [-0.05, 0) is 31.9 Å². The summed E-state index contributed by atoms with van der Waals surface area (Å²) in [4.78, 5) is 25.8. The smallest absolute Gasteiger partial charge is 0.219 e. The second-order valence-electron chi connectivity index (χ2n) is 7.65. The van der Waals surface area contributed by atoms with Gasteiger partial charge in [-0.1, -0.05) is 25.1 Å². The van der Waals surface area contributed by atoms with E-state index in [9.17, 15) is 4.79 Å². The van der Waals surface area contributed by atoms with Crippen molar-refractivity contribution in [3.05, 3.63) is 41.3 Å². The maximum absolute atomic E-state index is 11.8. The predicted octanol–water partition coefficient (Wildman–Crippen LogP) is 3.05. The zero-order valence-electron chi connectivity index (χ0n) is 17.6. The van der Waals surface area contributed by atoms with Crippen molar-refractivity contribution in [3.63, 3.8) is 0 Å². The molecule has 0 atom stereocenters. The van der Waals surface area contributed by atoms with Gasteiger partial charge in [0.25, 0.3) is 0 Å². The fourth-order valence-electron chi connectivity index (χ4n) is 4.01. The second-order valence-corrected chi connectivity index (χ2v) is 7.65. The highest BCUT2D eigenvalue weighted by Crippen LogP contribution is 2.30. The van der Waals surface area contributed by atoms with Crippen LogP contribution < -0.4 is 4.90 Å². The number of fused-ring (bicyclic) bond motifs is 1. The minimum absolute atomic E-state index is 0.137. The van der Waals surface area contributed by atoms with E-state index in [0.29, 0.717) is 6.54 Å². The summed E-state index contributed by atoms with van der Waals surface area (Å²) in [6.07, 6.45) is 1.69. The van der Waals surface area contributed by atoms with Crippen LogP contribution in [0.2, 0.25) is 0 Å². The molecule has 7 nitrogen and oxygen atoms in total. The Morgan fingerprint density at radius 3 is 2.59 bits per heavy atom. The Labute approximate surface area is 171 Å². The third-order valence-electron chi connectivity index (χ3n) is 5.63. The molecule has 1 fully saturated rings. The number of carbonyl (C=O) groups excluding carboxylic acids is 1. The van der Waals surface area contributed by atoms with E-state index in [-0.39, 0.29) is 5.91 Å². The van der Waals surface area contributed by atoms with Gasteiger partial charge in [0.1, 0.15) is 11.6 Å². The van der Waals surface area contributed by atoms with Crippen molar-refractivity contribution in [2.75, 3.05) is 31.1 Å². The largest absolute Gasteiger partial charge is 0.354 e. The van der Waals surface area contributed by atoms with Crippen molar-refractivity contribution in [1.82, 2.24) is 24.6 Å². The number of aryl methyl sites for hydroxylation is 3. The molecule has 1 aromatic carbocycles. The maximum Gasteiger partial charge on any atom is 0.219 e. The number of nitrogens with zero attached hydrogens (tertiary/aromatic N) is 6. The third kappa shape index (κ3) is 3.57. The Balaban J connectivity index is 1.85. The third-order valence-corrected chi connectivity index (χ3v) is 5.63. The summed E-state index contributed by atoms with van der Waals surface area (Å²) in [5, 5.41) is 5.84. The van der Waals surface area contributed by atoms with Gasteiger partial charge in [-0.15, -0.1) is 0 Å². The van der Waals surface area contributed by atoms with Crippen molar-refractivity contribution in [2.45, 2.75) is 40.5 Å². The van der Waals surface area contributed by atoms with Crippen molar-refractivity contribution < 1.29 is 4.79 Å². The summed E-state index contributed by atoms with van der Waals surface area (Å²) >= 11 is 0. The Morgan fingerprint density at radius 1 is 1.07 bits per heavy atom. The summed E-state index contributed by atoms with van der Waals surface area (Å²) in [5.41, 5.74) is 3.97. The fourth-order valence-corrected chi connectivity index (χ4v) is 4.01. The van der Waals surface area contributed by atoms with Crippen molar-refractivity contribution in [2.24, 2.45) is 0 Å². The van der Waals surface area contributed by atoms with Gasteiger partial charge in [0.05, 0.1) is 16.8 Å². The molecule has 7 heteroatoms. The van der Waals surface area contributed by atoms with Gasteiger partial charge in [-0.25, -0.2) is 14.6 Å². The van der Waals surface area contributed by atoms with Crippen LogP contribution in [0.3, 0.4) is 0 Å². The molecule has 152 valence electrons. The number of hydrogen-bond donors (Lipinski definition) is 0. The first kappa shape index (κ1) is 19.4. The molecule has 2 aromatic heterocycles. The summed E-state index contributed by atoms with van der Waals surface area (Å²) < 4.78 is 1.95. The number of amides is 1. The summed E-state index contributed by atoms with van der Waals surface area (Å²) in [7, 11) is 0. The summed E-state index contributed by atoms with van der Waals surface area (Å²) in [6.45, 7) is 11.0. The Kier molecular flexibility index (Phi) is 5.22. The number of rotatable bonds is 3. The van der Waals surface area contributed by atoms with Crippen LogP contribution in [0, 0.1) is 13.8 Å².